The third-order valence-electron chi connectivity index (χ3n) is 2.76. The highest BCUT2D eigenvalue weighted by Crippen LogP contribution is 2.06. The van der Waals surface area contributed by atoms with Gasteiger partial charge in [0.15, 0.2) is 5.65 Å². The number of carbonyl (C=O) groups excluding carboxylic acids is 1. The molecule has 0 saturated heterocycles. The Morgan fingerprint density at radius 1 is 1.50 bits per heavy atom. The lowest BCUT2D eigenvalue weighted by molar-refractivity contribution is 0.0942. The summed E-state index contributed by atoms with van der Waals surface area (Å²) in [6.45, 7) is 4.21. The molecular formula is C12H16N4O2. The first-order valence-electron chi connectivity index (χ1n) is 5.82. The first-order valence-corrected chi connectivity index (χ1v) is 5.82. The Kier molecular flexibility index (Phi) is 3.57. The number of aromatic nitrogens is 3. The van der Waals surface area contributed by atoms with Crippen LogP contribution in [0.25, 0.3) is 5.65 Å². The van der Waals surface area contributed by atoms with Crippen molar-refractivity contribution in [3.05, 3.63) is 29.7 Å². The highest BCUT2D eigenvalue weighted by atomic mass is 16.3. The lowest BCUT2D eigenvalue weighted by Crippen LogP contribution is -2.29. The number of hydrogen-bond donors (Lipinski definition) is 2. The molecule has 1 atom stereocenters. The minimum absolute atomic E-state index is 0.0503. The zero-order chi connectivity index (χ0) is 13.1. The van der Waals surface area contributed by atoms with E-state index in [1.54, 1.807) is 22.7 Å². The molecule has 0 aliphatic rings. The van der Waals surface area contributed by atoms with Crippen LogP contribution in [0.3, 0.4) is 0 Å². The molecule has 2 aromatic heterocycles. The number of aliphatic hydroxyl groups is 1. The van der Waals surface area contributed by atoms with E-state index in [4.69, 9.17) is 5.11 Å². The van der Waals surface area contributed by atoms with Crippen molar-refractivity contribution in [1.82, 2.24) is 19.9 Å². The molecule has 0 radical (unpaired) electrons. The fourth-order valence-corrected chi connectivity index (χ4v) is 1.57. The number of fused-ring (bicyclic) bond motifs is 1. The summed E-state index contributed by atoms with van der Waals surface area (Å²) >= 11 is 0. The maximum absolute atomic E-state index is 11.9. The Hall–Kier alpha value is -1.95. The number of amides is 1. The third-order valence-corrected chi connectivity index (χ3v) is 2.76. The Bertz CT molecular complexity index is 564. The molecule has 0 fully saturated rings. The van der Waals surface area contributed by atoms with Crippen molar-refractivity contribution in [3.8, 4) is 0 Å². The van der Waals surface area contributed by atoms with Gasteiger partial charge in [0, 0.05) is 19.3 Å². The van der Waals surface area contributed by atoms with Crippen LogP contribution in [-0.4, -0.2) is 38.8 Å². The number of hydrogen-bond acceptors (Lipinski definition) is 4. The number of aliphatic hydroxyl groups excluding tert-OH is 1. The fraction of sp³-hybridized carbons (Fsp3) is 0.417. The SMILES string of the molecule is Cc1nnc2ccc(C(=O)NCC(C)CO)cn12. The predicted octanol–water partition coefficient (Wildman–Crippen LogP) is 0.396. The lowest BCUT2D eigenvalue weighted by atomic mass is 10.2. The average Bonchev–Trinajstić information content (AvgIpc) is 2.76. The second kappa shape index (κ2) is 5.14. The molecular weight excluding hydrogens is 232 g/mol. The van der Waals surface area contributed by atoms with Crippen LogP contribution in [-0.2, 0) is 0 Å². The van der Waals surface area contributed by atoms with E-state index in [9.17, 15) is 4.79 Å². The zero-order valence-electron chi connectivity index (χ0n) is 10.4. The maximum atomic E-state index is 11.9. The van der Waals surface area contributed by atoms with Crippen molar-refractivity contribution in [2.24, 2.45) is 5.92 Å². The second-order valence-electron chi connectivity index (χ2n) is 4.39. The molecule has 2 N–H and O–H groups in total. The molecule has 6 nitrogen and oxygen atoms in total. The van der Waals surface area contributed by atoms with Crippen LogP contribution in [0.4, 0.5) is 0 Å². The standard InChI is InChI=1S/C12H16N4O2/c1-8(7-17)5-13-12(18)10-3-4-11-15-14-9(2)16(11)6-10/h3-4,6,8,17H,5,7H2,1-2H3,(H,13,18). The molecule has 1 amide bonds. The molecule has 0 saturated carbocycles. The summed E-state index contributed by atoms with van der Waals surface area (Å²) in [5, 5.41) is 19.6. The first kappa shape index (κ1) is 12.5. The van der Waals surface area contributed by atoms with Crippen molar-refractivity contribution in [3.63, 3.8) is 0 Å². The van der Waals surface area contributed by atoms with Crippen molar-refractivity contribution in [1.29, 1.82) is 0 Å². The van der Waals surface area contributed by atoms with E-state index in [1.165, 1.54) is 0 Å². The topological polar surface area (TPSA) is 79.5 Å². The van der Waals surface area contributed by atoms with Gasteiger partial charge in [0.1, 0.15) is 5.82 Å². The third kappa shape index (κ3) is 2.48. The fourth-order valence-electron chi connectivity index (χ4n) is 1.57. The number of aryl methyl sites for hydroxylation is 1. The van der Waals surface area contributed by atoms with Crippen LogP contribution < -0.4 is 5.32 Å². The summed E-state index contributed by atoms with van der Waals surface area (Å²) in [6, 6.07) is 3.47. The van der Waals surface area contributed by atoms with Crippen LogP contribution in [0.1, 0.15) is 23.1 Å². The quantitative estimate of drug-likeness (QED) is 0.820. The van der Waals surface area contributed by atoms with Crippen LogP contribution >= 0.6 is 0 Å². The van der Waals surface area contributed by atoms with Gasteiger partial charge in [0.2, 0.25) is 0 Å². The van der Waals surface area contributed by atoms with Crippen molar-refractivity contribution < 1.29 is 9.90 Å². The van der Waals surface area contributed by atoms with Crippen LogP contribution in [0, 0.1) is 12.8 Å². The molecule has 0 bridgehead atoms. The van der Waals surface area contributed by atoms with Crippen LogP contribution in [0.2, 0.25) is 0 Å². The predicted molar refractivity (Wildman–Crippen MR) is 66.3 cm³/mol. The molecule has 2 rings (SSSR count). The monoisotopic (exact) mass is 248 g/mol. The summed E-state index contributed by atoms with van der Waals surface area (Å²) in [6.07, 6.45) is 1.71. The van der Waals surface area contributed by atoms with E-state index in [1.807, 2.05) is 13.8 Å². The van der Waals surface area contributed by atoms with E-state index in [2.05, 4.69) is 15.5 Å². The normalized spacial score (nSPS) is 12.6. The molecule has 6 heteroatoms. The lowest BCUT2D eigenvalue weighted by Gasteiger charge is -2.09. The average molecular weight is 248 g/mol. The van der Waals surface area contributed by atoms with Gasteiger partial charge in [-0.25, -0.2) is 0 Å². The molecule has 0 aliphatic carbocycles. The molecule has 0 spiro atoms. The van der Waals surface area contributed by atoms with E-state index in [-0.39, 0.29) is 18.4 Å². The van der Waals surface area contributed by atoms with E-state index in [0.717, 1.165) is 5.82 Å². The number of carbonyl (C=O) groups is 1. The zero-order valence-corrected chi connectivity index (χ0v) is 10.4. The molecule has 0 aliphatic heterocycles. The molecule has 0 aromatic carbocycles. The van der Waals surface area contributed by atoms with E-state index < -0.39 is 0 Å². The van der Waals surface area contributed by atoms with Gasteiger partial charge in [-0.15, -0.1) is 10.2 Å². The first-order chi connectivity index (χ1) is 8.61. The van der Waals surface area contributed by atoms with E-state index >= 15 is 0 Å². The van der Waals surface area contributed by atoms with Gasteiger partial charge < -0.3 is 10.4 Å². The minimum atomic E-state index is -0.162. The maximum Gasteiger partial charge on any atom is 0.252 e. The van der Waals surface area contributed by atoms with Crippen LogP contribution in [0.5, 0.6) is 0 Å². The highest BCUT2D eigenvalue weighted by molar-refractivity contribution is 5.94. The number of rotatable bonds is 4. The van der Waals surface area contributed by atoms with E-state index in [0.29, 0.717) is 17.8 Å². The van der Waals surface area contributed by atoms with Gasteiger partial charge in [0.05, 0.1) is 5.56 Å². The molecule has 96 valence electrons. The molecule has 2 aromatic rings. The van der Waals surface area contributed by atoms with Crippen LogP contribution in [0.15, 0.2) is 18.3 Å². The van der Waals surface area contributed by atoms with Gasteiger partial charge >= 0.3 is 0 Å². The van der Waals surface area contributed by atoms with Gasteiger partial charge in [-0.3, -0.25) is 9.20 Å². The molecule has 1 unspecified atom stereocenters. The molecule has 2 heterocycles. The van der Waals surface area contributed by atoms with Crippen molar-refractivity contribution >= 4 is 11.6 Å². The second-order valence-corrected chi connectivity index (χ2v) is 4.39. The number of pyridine rings is 1. The summed E-state index contributed by atoms with van der Waals surface area (Å²) in [5.41, 5.74) is 1.27. The summed E-state index contributed by atoms with van der Waals surface area (Å²) in [5.74, 6) is 0.628. The Morgan fingerprint density at radius 3 is 3.00 bits per heavy atom. The van der Waals surface area contributed by atoms with Gasteiger partial charge in [-0.2, -0.15) is 0 Å². The van der Waals surface area contributed by atoms with Gasteiger partial charge in [-0.1, -0.05) is 6.92 Å². The Balaban J connectivity index is 2.15. The van der Waals surface area contributed by atoms with Crippen molar-refractivity contribution in [2.75, 3.05) is 13.2 Å². The summed E-state index contributed by atoms with van der Waals surface area (Å²) in [7, 11) is 0. The van der Waals surface area contributed by atoms with Gasteiger partial charge in [0.25, 0.3) is 5.91 Å². The minimum Gasteiger partial charge on any atom is -0.396 e. The number of nitrogens with one attached hydrogen (secondary N) is 1. The largest absolute Gasteiger partial charge is 0.396 e. The smallest absolute Gasteiger partial charge is 0.252 e. The summed E-state index contributed by atoms with van der Waals surface area (Å²) < 4.78 is 1.77. The Morgan fingerprint density at radius 2 is 2.28 bits per heavy atom. The Labute approximate surface area is 105 Å². The summed E-state index contributed by atoms with van der Waals surface area (Å²) in [4.78, 5) is 11.9. The highest BCUT2D eigenvalue weighted by Gasteiger charge is 2.09. The van der Waals surface area contributed by atoms with Crippen molar-refractivity contribution in [2.45, 2.75) is 13.8 Å². The van der Waals surface area contributed by atoms with Gasteiger partial charge in [-0.05, 0) is 25.0 Å². The number of nitrogens with zero attached hydrogens (tertiary/aromatic N) is 3. The molecule has 18 heavy (non-hydrogen) atoms.